The van der Waals surface area contributed by atoms with Crippen molar-refractivity contribution < 1.29 is 18.3 Å². The van der Waals surface area contributed by atoms with Gasteiger partial charge >= 0.3 is 6.09 Å². The number of carbonyl (C=O) groups excluding carboxylic acids is 1. The molecule has 1 aromatic rings. The molecule has 15 heavy (non-hydrogen) atoms. The molecular weight excluding hydrogens is 242 g/mol. The maximum atomic E-state index is 10.9. The normalized spacial score (nSPS) is 11.9. The Bertz CT molecular complexity index is 410. The molecule has 82 valence electrons. The van der Waals surface area contributed by atoms with Gasteiger partial charge in [0.1, 0.15) is 0 Å². The van der Waals surface area contributed by atoms with E-state index in [9.17, 15) is 9.00 Å². The predicted octanol–water partition coefficient (Wildman–Crippen LogP) is 2.10. The summed E-state index contributed by atoms with van der Waals surface area (Å²) in [6.45, 7) is 0. The third-order valence-corrected chi connectivity index (χ3v) is 2.53. The zero-order chi connectivity index (χ0) is 11.4. The first-order valence-electron chi connectivity index (χ1n) is 3.80. The van der Waals surface area contributed by atoms with Crippen LogP contribution in [-0.4, -0.2) is 22.0 Å². The number of benzene rings is 1. The number of amides is 1. The molecule has 1 aromatic carbocycles. The highest BCUT2D eigenvalue weighted by atomic mass is 35.5. The lowest BCUT2D eigenvalue weighted by Gasteiger charge is -2.06. The van der Waals surface area contributed by atoms with Crippen LogP contribution in [0.4, 0.5) is 10.5 Å². The number of hydrogen-bond donors (Lipinski definition) is 2. The van der Waals surface area contributed by atoms with Crippen molar-refractivity contribution in [3.63, 3.8) is 0 Å². The zero-order valence-electron chi connectivity index (χ0n) is 7.69. The van der Waals surface area contributed by atoms with Crippen molar-refractivity contribution in [2.75, 3.05) is 12.4 Å². The zero-order valence-corrected chi connectivity index (χ0v) is 9.26. The topological polar surface area (TPSA) is 75.6 Å². The fraction of sp³-hybridized carbons (Fsp3) is 0.125. The molecule has 0 radical (unpaired) electrons. The minimum Gasteiger partial charge on any atom is -0.453 e. The molecule has 0 spiro atoms. The second-order valence-corrected chi connectivity index (χ2v) is 3.88. The molecule has 7 heteroatoms. The molecule has 1 amide bonds. The van der Waals surface area contributed by atoms with Crippen molar-refractivity contribution >= 4 is 34.5 Å². The van der Waals surface area contributed by atoms with E-state index in [1.54, 1.807) is 0 Å². The molecular formula is C8H8ClNO4S. The van der Waals surface area contributed by atoms with Crippen LogP contribution in [0.15, 0.2) is 23.1 Å². The number of nitrogens with one attached hydrogen (secondary N) is 1. The van der Waals surface area contributed by atoms with Gasteiger partial charge in [-0.05, 0) is 18.2 Å². The fourth-order valence-electron chi connectivity index (χ4n) is 0.867. The lowest BCUT2D eigenvalue weighted by Crippen LogP contribution is -2.11. The minimum absolute atomic E-state index is 0.162. The second-order valence-electron chi connectivity index (χ2n) is 2.51. The summed E-state index contributed by atoms with van der Waals surface area (Å²) >= 11 is 3.67. The van der Waals surface area contributed by atoms with Crippen molar-refractivity contribution in [1.29, 1.82) is 0 Å². The Morgan fingerprint density at radius 1 is 1.60 bits per heavy atom. The molecule has 0 aliphatic carbocycles. The minimum atomic E-state index is -2.09. The van der Waals surface area contributed by atoms with Gasteiger partial charge in [-0.1, -0.05) is 11.6 Å². The van der Waals surface area contributed by atoms with Crippen molar-refractivity contribution in [3.8, 4) is 0 Å². The summed E-state index contributed by atoms with van der Waals surface area (Å²) in [5.74, 6) is 0. The Morgan fingerprint density at radius 2 is 2.27 bits per heavy atom. The SMILES string of the molecule is COC(=O)Nc1ccc(S(=O)O)cc1Cl. The largest absolute Gasteiger partial charge is 0.453 e. The molecule has 0 aliphatic rings. The Kier molecular flexibility index (Phi) is 4.07. The summed E-state index contributed by atoms with van der Waals surface area (Å²) in [7, 11) is 1.22. The molecule has 1 atom stereocenters. The van der Waals surface area contributed by atoms with Gasteiger partial charge in [-0.15, -0.1) is 0 Å². The number of hydrogen-bond acceptors (Lipinski definition) is 3. The van der Waals surface area contributed by atoms with Crippen LogP contribution in [-0.2, 0) is 15.8 Å². The van der Waals surface area contributed by atoms with Gasteiger partial charge in [0.15, 0.2) is 11.1 Å². The number of rotatable bonds is 2. The molecule has 0 fully saturated rings. The quantitative estimate of drug-likeness (QED) is 0.787. The number of ether oxygens (including phenoxy) is 1. The van der Waals surface area contributed by atoms with Gasteiger partial charge < -0.3 is 9.29 Å². The van der Waals surface area contributed by atoms with E-state index in [1.165, 1.54) is 25.3 Å². The summed E-state index contributed by atoms with van der Waals surface area (Å²) < 4.78 is 23.8. The van der Waals surface area contributed by atoms with E-state index in [-0.39, 0.29) is 9.92 Å². The maximum Gasteiger partial charge on any atom is 0.411 e. The van der Waals surface area contributed by atoms with Crippen LogP contribution >= 0.6 is 11.6 Å². The van der Waals surface area contributed by atoms with Gasteiger partial charge in [-0.2, -0.15) is 0 Å². The van der Waals surface area contributed by atoms with Gasteiger partial charge in [0, 0.05) is 0 Å². The average Bonchev–Trinajstić information content (AvgIpc) is 2.20. The smallest absolute Gasteiger partial charge is 0.411 e. The van der Waals surface area contributed by atoms with Crippen LogP contribution < -0.4 is 5.32 Å². The molecule has 0 aromatic heterocycles. The third-order valence-electron chi connectivity index (χ3n) is 1.56. The van der Waals surface area contributed by atoms with Crippen LogP contribution in [0.2, 0.25) is 5.02 Å². The van der Waals surface area contributed by atoms with E-state index in [0.29, 0.717) is 5.69 Å². The summed E-state index contributed by atoms with van der Waals surface area (Å²) in [6, 6.07) is 4.10. The highest BCUT2D eigenvalue weighted by Gasteiger charge is 2.08. The monoisotopic (exact) mass is 249 g/mol. The highest BCUT2D eigenvalue weighted by Crippen LogP contribution is 2.24. The van der Waals surface area contributed by atoms with E-state index in [0.717, 1.165) is 0 Å². The summed E-state index contributed by atoms with van der Waals surface area (Å²) in [5.41, 5.74) is 0.317. The second kappa shape index (κ2) is 5.11. The highest BCUT2D eigenvalue weighted by molar-refractivity contribution is 7.79. The molecule has 5 nitrogen and oxygen atoms in total. The molecule has 2 N–H and O–H groups in total. The maximum absolute atomic E-state index is 10.9. The predicted molar refractivity (Wildman–Crippen MR) is 56.5 cm³/mol. The van der Waals surface area contributed by atoms with Gasteiger partial charge in [0.05, 0.1) is 22.7 Å². The van der Waals surface area contributed by atoms with Crippen LogP contribution in [0.3, 0.4) is 0 Å². The summed E-state index contributed by atoms with van der Waals surface area (Å²) in [5, 5.41) is 2.52. The summed E-state index contributed by atoms with van der Waals surface area (Å²) in [4.78, 5) is 11.0. The molecule has 0 saturated carbocycles. The number of anilines is 1. The number of methoxy groups -OCH3 is 1. The third kappa shape index (κ3) is 3.19. The fourth-order valence-corrected chi connectivity index (χ4v) is 1.56. The Balaban J connectivity index is 2.93. The van der Waals surface area contributed by atoms with Gasteiger partial charge in [-0.3, -0.25) is 5.32 Å². The van der Waals surface area contributed by atoms with Crippen LogP contribution in [0, 0.1) is 0 Å². The van der Waals surface area contributed by atoms with Gasteiger partial charge in [0.25, 0.3) is 0 Å². The van der Waals surface area contributed by atoms with Crippen molar-refractivity contribution in [2.24, 2.45) is 0 Å². The average molecular weight is 250 g/mol. The van der Waals surface area contributed by atoms with E-state index in [2.05, 4.69) is 10.1 Å². The first-order valence-corrected chi connectivity index (χ1v) is 5.28. The van der Waals surface area contributed by atoms with E-state index in [4.69, 9.17) is 16.2 Å². The van der Waals surface area contributed by atoms with E-state index >= 15 is 0 Å². The van der Waals surface area contributed by atoms with Gasteiger partial charge in [0.2, 0.25) is 0 Å². The Morgan fingerprint density at radius 3 is 2.73 bits per heavy atom. The lowest BCUT2D eigenvalue weighted by atomic mass is 10.3. The molecule has 1 unspecified atom stereocenters. The summed E-state index contributed by atoms with van der Waals surface area (Å²) in [6.07, 6.45) is -0.658. The lowest BCUT2D eigenvalue weighted by molar-refractivity contribution is 0.187. The van der Waals surface area contributed by atoms with Gasteiger partial charge in [-0.25, -0.2) is 9.00 Å². The van der Waals surface area contributed by atoms with Crippen LogP contribution in [0.5, 0.6) is 0 Å². The van der Waals surface area contributed by atoms with Crippen LogP contribution in [0.25, 0.3) is 0 Å². The number of halogens is 1. The molecule has 0 heterocycles. The number of carbonyl (C=O) groups is 1. The standard InChI is InChI=1S/C8H8ClNO4S/c1-14-8(11)10-7-3-2-5(15(12)13)4-6(7)9/h2-4H,1H3,(H,10,11)(H,12,13). The van der Waals surface area contributed by atoms with Crippen molar-refractivity contribution in [1.82, 2.24) is 0 Å². The van der Waals surface area contributed by atoms with Crippen LogP contribution in [0.1, 0.15) is 0 Å². The molecule has 1 rings (SSSR count). The molecule has 0 saturated heterocycles. The molecule has 0 bridgehead atoms. The first kappa shape index (κ1) is 12.0. The Labute approximate surface area is 93.7 Å². The van der Waals surface area contributed by atoms with Crippen molar-refractivity contribution in [2.45, 2.75) is 4.90 Å². The van der Waals surface area contributed by atoms with E-state index < -0.39 is 17.2 Å². The first-order chi connectivity index (χ1) is 7.04. The van der Waals surface area contributed by atoms with E-state index in [1.807, 2.05) is 0 Å². The Hall–Kier alpha value is -1.11. The molecule has 0 aliphatic heterocycles. The van der Waals surface area contributed by atoms with Crippen molar-refractivity contribution in [3.05, 3.63) is 23.2 Å².